The summed E-state index contributed by atoms with van der Waals surface area (Å²) in [4.78, 5) is 22.1. The molecule has 7 rings (SSSR count). The zero-order chi connectivity index (χ0) is 47.5. The first-order valence-corrected chi connectivity index (χ1v) is 22.5. The van der Waals surface area contributed by atoms with Crippen LogP contribution in [0.3, 0.4) is 0 Å². The molecule has 0 fully saturated rings. The fourth-order valence-electron chi connectivity index (χ4n) is 7.86. The minimum Gasteiger partial charge on any atom is -0.507 e. The second-order valence-electron chi connectivity index (χ2n) is 15.8. The van der Waals surface area contributed by atoms with Crippen LogP contribution in [-0.4, -0.2) is 112 Å². The number of fused-ring (bicyclic) bond motifs is 8. The molecule has 0 heterocycles. The number of ether oxygens (including phenoxy) is 8. The van der Waals surface area contributed by atoms with Gasteiger partial charge in [0, 0.05) is 25.7 Å². The number of aldehydes is 2. The Morgan fingerprint density at radius 3 is 0.897 bits per heavy atom. The maximum Gasteiger partial charge on any atom is 0.168 e. The van der Waals surface area contributed by atoms with Crippen molar-refractivity contribution in [2.24, 2.45) is 0 Å². The van der Waals surface area contributed by atoms with E-state index in [1.165, 1.54) is 12.1 Å². The molecule has 14 nitrogen and oxygen atoms in total. The third-order valence-corrected chi connectivity index (χ3v) is 11.3. The first-order chi connectivity index (χ1) is 33.3. The van der Waals surface area contributed by atoms with E-state index in [-0.39, 0.29) is 98.5 Å². The zero-order valence-corrected chi connectivity index (χ0v) is 37.7. The lowest BCUT2D eigenvalue weighted by Gasteiger charge is -2.20. The molecule has 0 aliphatic heterocycles. The number of hydrogen-bond acceptors (Lipinski definition) is 14. The smallest absolute Gasteiger partial charge is 0.168 e. The average Bonchev–Trinajstić information content (AvgIpc) is 3.34. The highest BCUT2D eigenvalue weighted by atomic mass is 16.6. The van der Waals surface area contributed by atoms with Crippen LogP contribution < -0.4 is 18.9 Å². The lowest BCUT2D eigenvalue weighted by Crippen LogP contribution is -2.14. The highest BCUT2D eigenvalue weighted by Crippen LogP contribution is 2.38. The number of rotatable bonds is 24. The molecule has 356 valence electrons. The molecule has 4 N–H and O–H groups in total. The molecule has 0 amide bonds. The van der Waals surface area contributed by atoms with Crippen molar-refractivity contribution in [2.45, 2.75) is 25.7 Å². The Bertz CT molecular complexity index is 2350. The van der Waals surface area contributed by atoms with Gasteiger partial charge in [-0.05, 0) is 68.8 Å². The first-order valence-electron chi connectivity index (χ1n) is 22.5. The third-order valence-electron chi connectivity index (χ3n) is 11.3. The van der Waals surface area contributed by atoms with Crippen LogP contribution >= 0.6 is 0 Å². The molecule has 0 saturated carbocycles. The number of phenolic OH excluding ortho intramolecular Hbond substituents is 4. The molecule has 0 radical (unpaired) electrons. The minimum absolute atomic E-state index is 0.155. The Morgan fingerprint density at radius 1 is 0.324 bits per heavy atom. The molecule has 6 aromatic rings. The molecule has 0 spiro atoms. The Morgan fingerprint density at radius 2 is 0.588 bits per heavy atom. The second kappa shape index (κ2) is 25.1. The highest BCUT2D eigenvalue weighted by Gasteiger charge is 2.20. The maximum absolute atomic E-state index is 11.8. The van der Waals surface area contributed by atoms with Gasteiger partial charge in [0.15, 0.2) is 35.6 Å². The van der Waals surface area contributed by atoms with Gasteiger partial charge in [-0.15, -0.1) is 0 Å². The molecule has 8 bridgehead atoms. The number of benzene rings is 6. The van der Waals surface area contributed by atoms with E-state index in [4.69, 9.17) is 37.9 Å². The summed E-state index contributed by atoms with van der Waals surface area (Å²) in [6, 6.07) is 32.8. The Balaban J connectivity index is 0.959. The van der Waals surface area contributed by atoms with E-state index in [0.717, 1.165) is 44.5 Å². The van der Waals surface area contributed by atoms with Gasteiger partial charge in [-0.1, -0.05) is 84.9 Å². The van der Waals surface area contributed by atoms with Gasteiger partial charge in [-0.2, -0.15) is 0 Å². The number of hydrogen-bond donors (Lipinski definition) is 4. The summed E-state index contributed by atoms with van der Waals surface area (Å²) in [5.74, 6) is 1.73. The molecule has 0 unspecified atom stereocenters. The Kier molecular flexibility index (Phi) is 18.1. The third kappa shape index (κ3) is 13.1. The van der Waals surface area contributed by atoms with E-state index < -0.39 is 0 Å². The van der Waals surface area contributed by atoms with Crippen LogP contribution in [-0.2, 0) is 44.6 Å². The molecule has 0 saturated heterocycles. The lowest BCUT2D eigenvalue weighted by atomic mass is 9.91. The van der Waals surface area contributed by atoms with E-state index in [2.05, 4.69) is 0 Å². The van der Waals surface area contributed by atoms with Gasteiger partial charge in [0.2, 0.25) is 0 Å². The molecular weight excluding hydrogens is 873 g/mol. The highest BCUT2D eigenvalue weighted by molar-refractivity contribution is 5.81. The predicted molar refractivity (Wildman–Crippen MR) is 253 cm³/mol. The van der Waals surface area contributed by atoms with Crippen molar-refractivity contribution in [1.82, 2.24) is 0 Å². The van der Waals surface area contributed by atoms with Gasteiger partial charge in [-0.25, -0.2) is 0 Å². The van der Waals surface area contributed by atoms with Crippen molar-refractivity contribution in [3.05, 3.63) is 165 Å². The van der Waals surface area contributed by atoms with E-state index in [0.29, 0.717) is 76.2 Å². The summed E-state index contributed by atoms with van der Waals surface area (Å²) < 4.78 is 46.9. The maximum atomic E-state index is 11.8. The lowest BCUT2D eigenvalue weighted by molar-refractivity contribution is 0.0270. The van der Waals surface area contributed by atoms with Crippen LogP contribution in [0.1, 0.15) is 65.2 Å². The van der Waals surface area contributed by atoms with E-state index >= 15 is 0 Å². The fraction of sp³-hybridized carbons (Fsp3) is 0.296. The SMILES string of the molecule is O=Cc1cccc(OCCOCCOCCOc2c3cccc2Cc2cccc(c2O)Cc2cccc(c2OCCOCCOCCOc2cccc(C=O)c2O)Cc2cccc(c2O)C3)c1O. The van der Waals surface area contributed by atoms with Crippen LogP contribution in [0.2, 0.25) is 0 Å². The first kappa shape index (κ1) is 48.8. The molecule has 6 aromatic carbocycles. The standard InChI is InChI=1S/C54H56O14/c55-35-45-15-5-17-47(51(45)59)65-27-23-61-19-21-63-25-29-67-53-41-11-3-13-43(53)33-39-9-2-10-40(50(39)58)34-44-14-4-12-42(32-38-8-1-7-37(31-41)49(38)57)54(44)68-30-26-64-22-20-62-24-28-66-48-18-6-16-46(36-56)52(48)60/h1-18,35-36,57-60H,19-34H2. The van der Waals surface area contributed by atoms with E-state index in [1.807, 2.05) is 72.8 Å². The van der Waals surface area contributed by atoms with Gasteiger partial charge in [0.05, 0.1) is 64.0 Å². The Labute approximate surface area is 395 Å². The predicted octanol–water partition coefficient (Wildman–Crippen LogP) is 7.79. The van der Waals surface area contributed by atoms with Crippen molar-refractivity contribution in [3.63, 3.8) is 0 Å². The second-order valence-corrected chi connectivity index (χ2v) is 15.8. The van der Waals surface area contributed by atoms with Gasteiger partial charge >= 0.3 is 0 Å². The van der Waals surface area contributed by atoms with E-state index in [1.54, 1.807) is 24.3 Å². The van der Waals surface area contributed by atoms with Crippen LogP contribution in [0.15, 0.2) is 109 Å². The molecule has 0 atom stereocenters. The summed E-state index contributed by atoms with van der Waals surface area (Å²) >= 11 is 0. The summed E-state index contributed by atoms with van der Waals surface area (Å²) in [6.07, 6.45) is 2.69. The van der Waals surface area contributed by atoms with Gasteiger partial charge in [-0.3, -0.25) is 9.59 Å². The summed E-state index contributed by atoms with van der Waals surface area (Å²) in [6.45, 7) is 3.21. The van der Waals surface area contributed by atoms with Crippen LogP contribution in [0, 0.1) is 0 Å². The summed E-state index contributed by atoms with van der Waals surface area (Å²) in [7, 11) is 0. The summed E-state index contributed by atoms with van der Waals surface area (Å²) in [5.41, 5.74) is 6.73. The van der Waals surface area contributed by atoms with E-state index in [9.17, 15) is 30.0 Å². The summed E-state index contributed by atoms with van der Waals surface area (Å²) in [5, 5.41) is 43.8. The van der Waals surface area contributed by atoms with Crippen molar-refractivity contribution in [2.75, 3.05) is 79.3 Å². The van der Waals surface area contributed by atoms with Crippen molar-refractivity contribution in [3.8, 4) is 46.0 Å². The van der Waals surface area contributed by atoms with Crippen molar-refractivity contribution < 1.29 is 67.9 Å². The zero-order valence-electron chi connectivity index (χ0n) is 37.7. The topological polar surface area (TPSA) is 189 Å². The Hall–Kier alpha value is -7.10. The van der Waals surface area contributed by atoms with Gasteiger partial charge in [0.1, 0.15) is 49.4 Å². The molecule has 68 heavy (non-hydrogen) atoms. The van der Waals surface area contributed by atoms with Gasteiger partial charge < -0.3 is 58.3 Å². The molecule has 0 aromatic heterocycles. The minimum atomic E-state index is -0.201. The number of carbonyl (C=O) groups excluding carboxylic acids is 2. The van der Waals surface area contributed by atoms with Crippen LogP contribution in [0.4, 0.5) is 0 Å². The number of carbonyl (C=O) groups is 2. The van der Waals surface area contributed by atoms with Crippen LogP contribution in [0.25, 0.3) is 0 Å². The number of para-hydroxylation sites is 6. The monoisotopic (exact) mass is 928 g/mol. The fourth-order valence-corrected chi connectivity index (χ4v) is 7.86. The molecular formula is C54H56O14. The molecule has 1 aliphatic carbocycles. The van der Waals surface area contributed by atoms with Crippen molar-refractivity contribution in [1.29, 1.82) is 0 Å². The largest absolute Gasteiger partial charge is 0.507 e. The number of phenols is 4. The van der Waals surface area contributed by atoms with Gasteiger partial charge in [0.25, 0.3) is 0 Å². The normalized spacial score (nSPS) is 12.0. The van der Waals surface area contributed by atoms with Crippen molar-refractivity contribution >= 4 is 12.6 Å². The molecule has 14 heteroatoms. The quantitative estimate of drug-likeness (QED) is 0.0340. The van der Waals surface area contributed by atoms with Crippen LogP contribution in [0.5, 0.6) is 46.0 Å². The molecule has 1 aliphatic rings. The number of aromatic hydroxyl groups is 4. The average molecular weight is 929 g/mol.